The van der Waals surface area contributed by atoms with Gasteiger partial charge in [-0.2, -0.15) is 0 Å². The Balaban J connectivity index is 1.54. The van der Waals surface area contributed by atoms with Crippen molar-refractivity contribution < 1.29 is 38.0 Å². The third kappa shape index (κ3) is 6.21. The molecule has 32 heavy (non-hydrogen) atoms. The van der Waals surface area contributed by atoms with Crippen LogP contribution in [0, 0.1) is 5.41 Å². The largest absolute Gasteiger partial charge is 0.509 e. The molecular formula is C24H28O8. The molecule has 0 aliphatic carbocycles. The van der Waals surface area contributed by atoms with Gasteiger partial charge in [0.05, 0.1) is 5.41 Å². The Morgan fingerprint density at radius 3 is 1.91 bits per heavy atom. The first-order chi connectivity index (χ1) is 15.4. The third-order valence-electron chi connectivity index (χ3n) is 5.18. The molecule has 0 unspecified atom stereocenters. The van der Waals surface area contributed by atoms with E-state index in [0.29, 0.717) is 0 Å². The van der Waals surface area contributed by atoms with Crippen LogP contribution in [0.2, 0.25) is 0 Å². The van der Waals surface area contributed by atoms with Gasteiger partial charge in [0.15, 0.2) is 6.29 Å². The zero-order chi connectivity index (χ0) is 23.0. The van der Waals surface area contributed by atoms with Crippen LogP contribution in [0.5, 0.6) is 0 Å². The number of hydrogen-bond donors (Lipinski definition) is 0. The summed E-state index contributed by atoms with van der Waals surface area (Å²) in [5, 5.41) is 0. The highest BCUT2D eigenvalue weighted by molar-refractivity contribution is 5.61. The van der Waals surface area contributed by atoms with E-state index in [0.717, 1.165) is 11.1 Å². The Hall–Kier alpha value is -3.10. The lowest BCUT2D eigenvalue weighted by Crippen LogP contribution is -2.41. The van der Waals surface area contributed by atoms with E-state index in [4.69, 9.17) is 28.4 Å². The number of hydrogen-bond acceptors (Lipinski definition) is 8. The van der Waals surface area contributed by atoms with Crippen LogP contribution in [0.4, 0.5) is 9.59 Å². The molecular weight excluding hydrogens is 416 g/mol. The molecule has 8 nitrogen and oxygen atoms in total. The van der Waals surface area contributed by atoms with Crippen molar-refractivity contribution in [2.24, 2.45) is 5.41 Å². The first kappa shape index (κ1) is 23.6. The fourth-order valence-corrected chi connectivity index (χ4v) is 3.49. The van der Waals surface area contributed by atoms with E-state index in [9.17, 15) is 9.59 Å². The summed E-state index contributed by atoms with van der Waals surface area (Å²) >= 11 is 0. The average molecular weight is 444 g/mol. The summed E-state index contributed by atoms with van der Waals surface area (Å²) < 4.78 is 32.3. The van der Waals surface area contributed by atoms with E-state index >= 15 is 0 Å². The number of carbonyl (C=O) groups excluding carboxylic acids is 2. The zero-order valence-electron chi connectivity index (χ0n) is 18.4. The molecule has 2 aromatic carbocycles. The molecule has 8 heteroatoms. The Labute approximate surface area is 187 Å². The topological polar surface area (TPSA) is 89.5 Å². The van der Waals surface area contributed by atoms with Crippen molar-refractivity contribution in [1.29, 1.82) is 0 Å². The van der Waals surface area contributed by atoms with Gasteiger partial charge >= 0.3 is 12.3 Å². The van der Waals surface area contributed by atoms with Crippen LogP contribution >= 0.6 is 0 Å². The summed E-state index contributed by atoms with van der Waals surface area (Å²) in [7, 11) is 1.49. The predicted octanol–water partition coefficient (Wildman–Crippen LogP) is 4.46. The molecule has 0 aromatic heterocycles. The number of ether oxygens (including phenoxy) is 6. The van der Waals surface area contributed by atoms with Gasteiger partial charge in [0.25, 0.3) is 0 Å². The molecule has 0 spiro atoms. The Morgan fingerprint density at radius 1 is 0.844 bits per heavy atom. The molecule has 1 fully saturated rings. The van der Waals surface area contributed by atoms with E-state index in [2.05, 4.69) is 0 Å². The highest BCUT2D eigenvalue weighted by Crippen LogP contribution is 2.41. The first-order valence-corrected chi connectivity index (χ1v) is 10.3. The van der Waals surface area contributed by atoms with Crippen molar-refractivity contribution in [3.63, 3.8) is 0 Å². The van der Waals surface area contributed by atoms with Crippen molar-refractivity contribution in [2.45, 2.75) is 45.6 Å². The van der Waals surface area contributed by atoms with E-state index in [1.807, 2.05) is 74.5 Å². The molecule has 1 saturated heterocycles. The second kappa shape index (κ2) is 11.0. The van der Waals surface area contributed by atoms with Crippen molar-refractivity contribution >= 4 is 12.3 Å². The molecule has 0 amide bonds. The minimum Gasteiger partial charge on any atom is -0.431 e. The number of benzene rings is 2. The minimum atomic E-state index is -0.846. The van der Waals surface area contributed by atoms with Crippen LogP contribution in [-0.2, 0) is 41.6 Å². The summed E-state index contributed by atoms with van der Waals surface area (Å²) in [5.74, 6) is 0. The van der Waals surface area contributed by atoms with E-state index in [1.54, 1.807) is 0 Å². The zero-order valence-corrected chi connectivity index (χ0v) is 18.4. The SMILES string of the molecule is CO[C@H]1O[C@H](COC(=O)OCc2ccccc2)[C@@H](OC(=O)OCc2ccccc2)C1(C)C. The van der Waals surface area contributed by atoms with Gasteiger partial charge in [-0.1, -0.05) is 74.5 Å². The van der Waals surface area contributed by atoms with Crippen LogP contribution in [0.25, 0.3) is 0 Å². The molecule has 3 atom stereocenters. The number of rotatable bonds is 8. The molecule has 1 heterocycles. The molecule has 1 aliphatic heterocycles. The molecule has 0 N–H and O–H groups in total. The fourth-order valence-electron chi connectivity index (χ4n) is 3.49. The van der Waals surface area contributed by atoms with Crippen molar-refractivity contribution in [2.75, 3.05) is 13.7 Å². The predicted molar refractivity (Wildman–Crippen MR) is 114 cm³/mol. The van der Waals surface area contributed by atoms with Crippen LogP contribution in [0.3, 0.4) is 0 Å². The van der Waals surface area contributed by atoms with E-state index < -0.39 is 36.2 Å². The highest BCUT2D eigenvalue weighted by Gasteiger charge is 2.54. The molecule has 0 radical (unpaired) electrons. The standard InChI is InChI=1S/C24H28O8/c1-24(2)20(32-23(26)29-15-18-12-8-5-9-13-18)19(31-21(24)27-3)16-30-22(25)28-14-17-10-6-4-7-11-17/h4-13,19-21H,14-16H2,1-3H3/t19-,20-,21+/m1/s1. The van der Waals surface area contributed by atoms with E-state index in [1.165, 1.54) is 7.11 Å². The van der Waals surface area contributed by atoms with Crippen molar-refractivity contribution in [3.8, 4) is 0 Å². The van der Waals surface area contributed by atoms with Gasteiger partial charge in [0, 0.05) is 7.11 Å². The van der Waals surface area contributed by atoms with E-state index in [-0.39, 0.29) is 19.8 Å². The molecule has 2 aromatic rings. The minimum absolute atomic E-state index is 0.0777. The lowest BCUT2D eigenvalue weighted by atomic mass is 9.85. The smallest absolute Gasteiger partial charge is 0.431 e. The summed E-state index contributed by atoms with van der Waals surface area (Å²) in [6, 6.07) is 18.5. The average Bonchev–Trinajstić information content (AvgIpc) is 3.05. The summed E-state index contributed by atoms with van der Waals surface area (Å²) in [4.78, 5) is 24.3. The molecule has 172 valence electrons. The maximum Gasteiger partial charge on any atom is 0.509 e. The molecule has 1 aliphatic rings. The van der Waals surface area contributed by atoms with Gasteiger partial charge in [-0.25, -0.2) is 9.59 Å². The lowest BCUT2D eigenvalue weighted by molar-refractivity contribution is -0.156. The van der Waals surface area contributed by atoms with Crippen molar-refractivity contribution in [1.82, 2.24) is 0 Å². The molecule has 0 bridgehead atoms. The first-order valence-electron chi connectivity index (χ1n) is 10.3. The number of methoxy groups -OCH3 is 1. The maximum atomic E-state index is 12.3. The number of carbonyl (C=O) groups is 2. The second-order valence-electron chi connectivity index (χ2n) is 7.96. The van der Waals surface area contributed by atoms with Gasteiger partial charge in [-0.15, -0.1) is 0 Å². The Kier molecular flexibility index (Phi) is 8.08. The second-order valence-corrected chi connectivity index (χ2v) is 7.96. The monoisotopic (exact) mass is 444 g/mol. The third-order valence-corrected chi connectivity index (χ3v) is 5.18. The van der Waals surface area contributed by atoms with Crippen LogP contribution < -0.4 is 0 Å². The Bertz CT molecular complexity index is 868. The van der Waals surface area contributed by atoms with Crippen LogP contribution in [-0.4, -0.2) is 44.5 Å². The quantitative estimate of drug-likeness (QED) is 0.552. The summed E-state index contributed by atoms with van der Waals surface area (Å²) in [5.41, 5.74) is 0.967. The van der Waals surface area contributed by atoms with Crippen molar-refractivity contribution in [3.05, 3.63) is 71.8 Å². The lowest BCUT2D eigenvalue weighted by Gasteiger charge is -2.29. The highest BCUT2D eigenvalue weighted by atomic mass is 16.8. The van der Waals surface area contributed by atoms with Gasteiger partial charge in [0.1, 0.15) is 32.0 Å². The summed E-state index contributed by atoms with van der Waals surface area (Å²) in [6.07, 6.45) is -3.87. The van der Waals surface area contributed by atoms with Gasteiger partial charge in [0.2, 0.25) is 0 Å². The van der Waals surface area contributed by atoms with Gasteiger partial charge in [-0.3, -0.25) is 0 Å². The van der Waals surface area contributed by atoms with Gasteiger partial charge < -0.3 is 28.4 Å². The molecule has 0 saturated carbocycles. The fraction of sp³-hybridized carbons (Fsp3) is 0.417. The van der Waals surface area contributed by atoms with Crippen LogP contribution in [0.1, 0.15) is 25.0 Å². The van der Waals surface area contributed by atoms with Crippen LogP contribution in [0.15, 0.2) is 60.7 Å². The maximum absolute atomic E-state index is 12.3. The molecule has 3 rings (SSSR count). The summed E-state index contributed by atoms with van der Waals surface area (Å²) in [6.45, 7) is 3.67. The van der Waals surface area contributed by atoms with Gasteiger partial charge in [-0.05, 0) is 11.1 Å². The Morgan fingerprint density at radius 2 is 1.38 bits per heavy atom. The normalized spacial score (nSPS) is 21.5.